The normalized spacial score (nSPS) is 10.6. The molecule has 0 aliphatic heterocycles. The van der Waals surface area contributed by atoms with Crippen LogP contribution in [0.15, 0.2) is 0 Å². The maximum Gasteiger partial charge on any atom is 0.321 e. The van der Waals surface area contributed by atoms with Crippen LogP contribution in [0.1, 0.15) is 0 Å². The molecule has 0 bridgehead atoms. The monoisotopic (exact) mass is 239 g/mol. The molecule has 0 fully saturated rings. The Morgan fingerprint density at radius 3 is 2.50 bits per heavy atom. The molecule has 0 saturated carbocycles. The van der Waals surface area contributed by atoms with Gasteiger partial charge >= 0.3 is 6.03 Å². The van der Waals surface area contributed by atoms with Crippen LogP contribution >= 0.6 is 0 Å². The van der Waals surface area contributed by atoms with Crippen molar-refractivity contribution in [2.45, 2.75) is 6.43 Å². The molecule has 0 unspecified atom stereocenters. The summed E-state index contributed by atoms with van der Waals surface area (Å²) in [6, 6.07) is -0.703. The van der Waals surface area contributed by atoms with Crippen molar-refractivity contribution in [2.24, 2.45) is 0 Å². The van der Waals surface area contributed by atoms with E-state index < -0.39 is 24.9 Å². The molecule has 3 amide bonds. The molecule has 0 aromatic rings. The zero-order chi connectivity index (χ0) is 12.6. The van der Waals surface area contributed by atoms with Crippen LogP contribution in [-0.2, 0) is 4.79 Å². The van der Waals surface area contributed by atoms with Gasteiger partial charge in [-0.25, -0.2) is 13.6 Å². The number of hydrogen-bond donors (Lipinski definition) is 3. The van der Waals surface area contributed by atoms with Crippen LogP contribution in [0.3, 0.4) is 0 Å². The average Bonchev–Trinajstić information content (AvgIpc) is 2.16. The maximum atomic E-state index is 12.1. The Balaban J connectivity index is 4.06. The zero-order valence-corrected chi connectivity index (χ0v) is 8.87. The number of imide groups is 1. The van der Waals surface area contributed by atoms with Gasteiger partial charge in [0, 0.05) is 13.6 Å². The number of rotatable bonds is 6. The number of carbonyl (C=O) groups excluding carboxylic acids is 2. The topological polar surface area (TPSA) is 81.7 Å². The van der Waals surface area contributed by atoms with Gasteiger partial charge in [0.2, 0.25) is 5.91 Å². The molecule has 6 nitrogen and oxygen atoms in total. The fourth-order valence-electron chi connectivity index (χ4n) is 1.00. The summed E-state index contributed by atoms with van der Waals surface area (Å²) in [5.41, 5.74) is 0. The summed E-state index contributed by atoms with van der Waals surface area (Å²) in [6.45, 7) is -1.37. The third-order valence-corrected chi connectivity index (χ3v) is 1.66. The highest BCUT2D eigenvalue weighted by Crippen LogP contribution is 1.97. The van der Waals surface area contributed by atoms with Crippen molar-refractivity contribution in [2.75, 3.05) is 33.3 Å². The van der Waals surface area contributed by atoms with Crippen LogP contribution in [0.2, 0.25) is 0 Å². The summed E-state index contributed by atoms with van der Waals surface area (Å²) >= 11 is 0. The van der Waals surface area contributed by atoms with E-state index in [1.165, 1.54) is 7.05 Å². The number of carbonyl (C=O) groups is 2. The number of nitrogens with one attached hydrogen (secondary N) is 2. The molecule has 0 aromatic carbocycles. The van der Waals surface area contributed by atoms with E-state index in [9.17, 15) is 18.4 Å². The summed E-state index contributed by atoms with van der Waals surface area (Å²) < 4.78 is 24.1. The first kappa shape index (κ1) is 14.7. The Labute approximate surface area is 91.6 Å². The molecular weight excluding hydrogens is 224 g/mol. The van der Waals surface area contributed by atoms with E-state index in [1.54, 1.807) is 0 Å². The van der Waals surface area contributed by atoms with E-state index in [1.807, 2.05) is 5.32 Å². The van der Waals surface area contributed by atoms with Gasteiger partial charge in [-0.3, -0.25) is 15.0 Å². The summed E-state index contributed by atoms with van der Waals surface area (Å²) in [4.78, 5) is 22.9. The van der Waals surface area contributed by atoms with Gasteiger partial charge in [0.1, 0.15) is 0 Å². The molecule has 0 aliphatic rings. The van der Waals surface area contributed by atoms with Crippen LogP contribution in [0.4, 0.5) is 13.6 Å². The minimum Gasteiger partial charge on any atom is -0.395 e. The molecule has 0 saturated heterocycles. The van der Waals surface area contributed by atoms with Gasteiger partial charge in [0.25, 0.3) is 6.43 Å². The van der Waals surface area contributed by atoms with E-state index in [2.05, 4.69) is 5.32 Å². The van der Waals surface area contributed by atoms with E-state index in [0.717, 1.165) is 4.90 Å². The lowest BCUT2D eigenvalue weighted by Crippen LogP contribution is -2.45. The van der Waals surface area contributed by atoms with Gasteiger partial charge < -0.3 is 10.4 Å². The van der Waals surface area contributed by atoms with Crippen molar-refractivity contribution in [1.29, 1.82) is 0 Å². The molecule has 0 heterocycles. The highest BCUT2D eigenvalue weighted by atomic mass is 19.3. The van der Waals surface area contributed by atoms with Crippen molar-refractivity contribution in [3.63, 3.8) is 0 Å². The molecule has 3 N–H and O–H groups in total. The first-order valence-electron chi connectivity index (χ1n) is 4.62. The minimum atomic E-state index is -2.60. The third-order valence-electron chi connectivity index (χ3n) is 1.66. The molecule has 0 radical (unpaired) electrons. The number of nitrogens with zero attached hydrogens (tertiary/aromatic N) is 1. The van der Waals surface area contributed by atoms with E-state index >= 15 is 0 Å². The number of alkyl halides is 2. The molecule has 0 aliphatic carbocycles. The summed E-state index contributed by atoms with van der Waals surface area (Å²) in [5.74, 6) is -0.701. The van der Waals surface area contributed by atoms with Crippen molar-refractivity contribution >= 4 is 11.9 Å². The van der Waals surface area contributed by atoms with Gasteiger partial charge in [-0.1, -0.05) is 0 Å². The number of aliphatic hydroxyl groups excluding tert-OH is 1. The summed E-state index contributed by atoms with van der Waals surface area (Å²) in [7, 11) is 1.33. The Kier molecular flexibility index (Phi) is 7.31. The van der Waals surface area contributed by atoms with Crippen LogP contribution < -0.4 is 10.6 Å². The van der Waals surface area contributed by atoms with Gasteiger partial charge in [-0.15, -0.1) is 0 Å². The molecule has 0 spiro atoms. The SMILES string of the molecule is CNC(=O)NC(=O)CN(CCO)CC(F)F. The predicted molar refractivity (Wildman–Crippen MR) is 52.1 cm³/mol. The molecule has 8 heteroatoms. The Hall–Kier alpha value is -1.28. The van der Waals surface area contributed by atoms with Crippen molar-refractivity contribution in [3.8, 4) is 0 Å². The molecule has 0 aromatic heterocycles. The van der Waals surface area contributed by atoms with Crippen LogP contribution in [0.5, 0.6) is 0 Å². The van der Waals surface area contributed by atoms with E-state index in [0.29, 0.717) is 0 Å². The molecule has 0 atom stereocenters. The number of amides is 3. The molecular formula is C8H15F2N3O3. The van der Waals surface area contributed by atoms with E-state index in [4.69, 9.17) is 5.11 Å². The largest absolute Gasteiger partial charge is 0.395 e. The van der Waals surface area contributed by atoms with Crippen LogP contribution in [0, 0.1) is 0 Å². The lowest BCUT2D eigenvalue weighted by Gasteiger charge is -2.19. The summed E-state index contributed by atoms with van der Waals surface area (Å²) in [6.07, 6.45) is -2.60. The first-order valence-corrected chi connectivity index (χ1v) is 4.62. The van der Waals surface area contributed by atoms with Crippen molar-refractivity contribution in [1.82, 2.24) is 15.5 Å². The average molecular weight is 239 g/mol. The van der Waals surface area contributed by atoms with Gasteiger partial charge in [-0.05, 0) is 0 Å². The summed E-state index contributed by atoms with van der Waals surface area (Å²) in [5, 5.41) is 12.7. The quantitative estimate of drug-likeness (QED) is 0.555. The fraction of sp³-hybridized carbons (Fsp3) is 0.750. The number of hydrogen-bond acceptors (Lipinski definition) is 4. The van der Waals surface area contributed by atoms with Crippen molar-refractivity contribution < 1.29 is 23.5 Å². The minimum absolute atomic E-state index is 0.0501. The highest BCUT2D eigenvalue weighted by Gasteiger charge is 2.16. The lowest BCUT2D eigenvalue weighted by atomic mass is 10.4. The third kappa shape index (κ3) is 7.07. The van der Waals surface area contributed by atoms with Crippen molar-refractivity contribution in [3.05, 3.63) is 0 Å². The highest BCUT2D eigenvalue weighted by molar-refractivity contribution is 5.95. The Morgan fingerprint density at radius 1 is 1.44 bits per heavy atom. The smallest absolute Gasteiger partial charge is 0.321 e. The number of aliphatic hydroxyl groups is 1. The van der Waals surface area contributed by atoms with Gasteiger partial charge in [0.05, 0.1) is 19.7 Å². The number of halogens is 2. The predicted octanol–water partition coefficient (Wildman–Crippen LogP) is -0.999. The second-order valence-corrected chi connectivity index (χ2v) is 2.98. The molecule has 16 heavy (non-hydrogen) atoms. The number of urea groups is 1. The Morgan fingerprint density at radius 2 is 2.06 bits per heavy atom. The van der Waals surface area contributed by atoms with Gasteiger partial charge in [-0.2, -0.15) is 0 Å². The van der Waals surface area contributed by atoms with Crippen LogP contribution in [-0.4, -0.2) is 61.7 Å². The second kappa shape index (κ2) is 7.94. The lowest BCUT2D eigenvalue weighted by molar-refractivity contribution is -0.121. The molecule has 94 valence electrons. The zero-order valence-electron chi connectivity index (χ0n) is 8.87. The first-order chi connectivity index (χ1) is 7.49. The maximum absolute atomic E-state index is 12.1. The standard InChI is InChI=1S/C8H15F2N3O3/c1-11-8(16)12-7(15)5-13(2-3-14)4-6(9)10/h6,14H,2-5H2,1H3,(H2,11,12,15,16). The van der Waals surface area contributed by atoms with Gasteiger partial charge in [0.15, 0.2) is 0 Å². The molecule has 0 rings (SSSR count). The fourth-order valence-corrected chi connectivity index (χ4v) is 1.00. The van der Waals surface area contributed by atoms with E-state index in [-0.39, 0.29) is 19.7 Å². The Bertz CT molecular complexity index is 239. The van der Waals surface area contributed by atoms with Crippen LogP contribution in [0.25, 0.3) is 0 Å². The second-order valence-electron chi connectivity index (χ2n) is 2.98.